The Morgan fingerprint density at radius 3 is 2.00 bits per heavy atom. The SMILES string of the molecule is Cc1nn(C)c(C)c1S(=O)(=O)N1CCCN(S(=O)(=O)N2CCOCC2)CC1. The molecule has 154 valence electrons. The maximum absolute atomic E-state index is 13.1. The molecule has 0 aromatic carbocycles. The van der Waals surface area contributed by atoms with Gasteiger partial charge < -0.3 is 4.74 Å². The molecule has 1 aromatic heterocycles. The smallest absolute Gasteiger partial charge is 0.282 e. The Hall–Kier alpha value is -1.05. The van der Waals surface area contributed by atoms with Gasteiger partial charge in [0.25, 0.3) is 10.2 Å². The highest BCUT2D eigenvalue weighted by molar-refractivity contribution is 7.89. The number of aromatic nitrogens is 2. The van der Waals surface area contributed by atoms with E-state index in [-0.39, 0.29) is 24.5 Å². The molecule has 12 heteroatoms. The Bertz CT molecular complexity index is 890. The van der Waals surface area contributed by atoms with Crippen LogP contribution in [0.15, 0.2) is 4.90 Å². The molecule has 2 fully saturated rings. The van der Waals surface area contributed by atoms with E-state index >= 15 is 0 Å². The third-order valence-electron chi connectivity index (χ3n) is 5.08. The van der Waals surface area contributed by atoms with Gasteiger partial charge in [-0.15, -0.1) is 0 Å². The Labute approximate surface area is 160 Å². The summed E-state index contributed by atoms with van der Waals surface area (Å²) >= 11 is 0. The van der Waals surface area contributed by atoms with Crippen molar-refractivity contribution in [3.63, 3.8) is 0 Å². The van der Waals surface area contributed by atoms with E-state index in [1.165, 1.54) is 12.9 Å². The predicted octanol–water partition coefficient (Wildman–Crippen LogP) is -0.690. The maximum atomic E-state index is 13.1. The first-order chi connectivity index (χ1) is 12.7. The number of hydrogen-bond donors (Lipinski definition) is 0. The van der Waals surface area contributed by atoms with Crippen molar-refractivity contribution in [2.45, 2.75) is 25.2 Å². The summed E-state index contributed by atoms with van der Waals surface area (Å²) in [6, 6.07) is 0. The summed E-state index contributed by atoms with van der Waals surface area (Å²) in [5, 5.41) is 4.20. The summed E-state index contributed by atoms with van der Waals surface area (Å²) < 4.78 is 62.9. The fourth-order valence-corrected chi connectivity index (χ4v) is 7.02. The molecule has 3 heterocycles. The molecule has 2 aliphatic rings. The van der Waals surface area contributed by atoms with Crippen LogP contribution in [0.3, 0.4) is 0 Å². The molecular weight excluding hydrogens is 394 g/mol. The number of aryl methyl sites for hydroxylation is 2. The van der Waals surface area contributed by atoms with E-state index in [1.54, 1.807) is 25.6 Å². The van der Waals surface area contributed by atoms with Crippen molar-refractivity contribution in [1.29, 1.82) is 0 Å². The molecule has 0 bridgehead atoms. The van der Waals surface area contributed by atoms with Gasteiger partial charge in [-0.1, -0.05) is 0 Å². The van der Waals surface area contributed by atoms with E-state index in [9.17, 15) is 16.8 Å². The number of sulfonamides is 1. The van der Waals surface area contributed by atoms with Crippen molar-refractivity contribution in [3.05, 3.63) is 11.4 Å². The second kappa shape index (κ2) is 7.76. The monoisotopic (exact) mass is 421 g/mol. The van der Waals surface area contributed by atoms with Gasteiger partial charge in [0.15, 0.2) is 0 Å². The number of nitrogens with zero attached hydrogens (tertiary/aromatic N) is 5. The Balaban J connectivity index is 1.78. The van der Waals surface area contributed by atoms with Gasteiger partial charge in [-0.2, -0.15) is 26.4 Å². The molecular formula is C15H27N5O5S2. The number of rotatable bonds is 4. The van der Waals surface area contributed by atoms with Gasteiger partial charge in [-0.25, -0.2) is 8.42 Å². The highest BCUT2D eigenvalue weighted by Crippen LogP contribution is 2.24. The third kappa shape index (κ3) is 3.91. The zero-order valence-electron chi connectivity index (χ0n) is 16.0. The molecule has 1 aromatic rings. The minimum atomic E-state index is -3.72. The van der Waals surface area contributed by atoms with Crippen molar-refractivity contribution in [1.82, 2.24) is 22.7 Å². The molecule has 3 rings (SSSR count). The lowest BCUT2D eigenvalue weighted by Gasteiger charge is -2.31. The van der Waals surface area contributed by atoms with Crippen LogP contribution in [0.1, 0.15) is 17.8 Å². The van der Waals surface area contributed by atoms with E-state index in [4.69, 9.17) is 4.74 Å². The van der Waals surface area contributed by atoms with Crippen LogP contribution in [0.25, 0.3) is 0 Å². The standard InChI is InChI=1S/C15H27N5O5S2/c1-13-15(14(2)17(3)16-13)26(21,22)18-5-4-6-19(8-7-18)27(23,24)20-9-11-25-12-10-20/h4-12H2,1-3H3. The van der Waals surface area contributed by atoms with Crippen LogP contribution in [-0.4, -0.2) is 92.0 Å². The van der Waals surface area contributed by atoms with Crippen LogP contribution in [-0.2, 0) is 32.0 Å². The van der Waals surface area contributed by atoms with Crippen LogP contribution >= 0.6 is 0 Å². The average molecular weight is 422 g/mol. The molecule has 10 nitrogen and oxygen atoms in total. The van der Waals surface area contributed by atoms with E-state index in [1.807, 2.05) is 0 Å². The van der Waals surface area contributed by atoms with E-state index in [0.29, 0.717) is 50.7 Å². The predicted molar refractivity (Wildman–Crippen MR) is 98.9 cm³/mol. The third-order valence-corrected chi connectivity index (χ3v) is 9.26. The minimum Gasteiger partial charge on any atom is -0.379 e. The molecule has 0 spiro atoms. The lowest BCUT2D eigenvalue weighted by Crippen LogP contribution is -2.49. The minimum absolute atomic E-state index is 0.125. The largest absolute Gasteiger partial charge is 0.379 e. The highest BCUT2D eigenvalue weighted by atomic mass is 32.2. The van der Waals surface area contributed by atoms with E-state index < -0.39 is 20.2 Å². The van der Waals surface area contributed by atoms with Gasteiger partial charge in [-0.05, 0) is 20.3 Å². The summed E-state index contributed by atoms with van der Waals surface area (Å²) in [6.45, 7) is 5.66. The van der Waals surface area contributed by atoms with Gasteiger partial charge >= 0.3 is 0 Å². The molecule has 27 heavy (non-hydrogen) atoms. The van der Waals surface area contributed by atoms with Crippen LogP contribution in [0.5, 0.6) is 0 Å². The molecule has 0 aliphatic carbocycles. The first kappa shape index (κ1) is 20.7. The van der Waals surface area contributed by atoms with Crippen molar-refractivity contribution < 1.29 is 21.6 Å². The normalized spacial score (nSPS) is 22.0. The first-order valence-corrected chi connectivity index (χ1v) is 11.8. The molecule has 2 aliphatic heterocycles. The maximum Gasteiger partial charge on any atom is 0.282 e. The van der Waals surface area contributed by atoms with E-state index in [0.717, 1.165) is 0 Å². The highest BCUT2D eigenvalue weighted by Gasteiger charge is 2.36. The second-order valence-electron chi connectivity index (χ2n) is 6.80. The zero-order valence-corrected chi connectivity index (χ0v) is 17.6. The van der Waals surface area contributed by atoms with Crippen molar-refractivity contribution >= 4 is 20.2 Å². The van der Waals surface area contributed by atoms with Crippen LogP contribution in [0.2, 0.25) is 0 Å². The van der Waals surface area contributed by atoms with E-state index in [2.05, 4.69) is 5.10 Å². The Morgan fingerprint density at radius 1 is 0.852 bits per heavy atom. The number of ether oxygens (including phenoxy) is 1. The summed E-state index contributed by atoms with van der Waals surface area (Å²) in [7, 11) is -5.62. The van der Waals surface area contributed by atoms with Gasteiger partial charge in [0.1, 0.15) is 4.90 Å². The molecule has 2 saturated heterocycles. The zero-order chi connectivity index (χ0) is 19.8. The lowest BCUT2D eigenvalue weighted by molar-refractivity contribution is 0.0702. The first-order valence-electron chi connectivity index (χ1n) is 8.99. The number of morpholine rings is 1. The Kier molecular flexibility index (Phi) is 5.94. The summed E-state index contributed by atoms with van der Waals surface area (Å²) in [5.41, 5.74) is 1.03. The molecule has 0 saturated carbocycles. The van der Waals surface area contributed by atoms with Crippen molar-refractivity contribution in [2.24, 2.45) is 7.05 Å². The molecule has 0 atom stereocenters. The van der Waals surface area contributed by atoms with Crippen LogP contribution < -0.4 is 0 Å². The molecule has 0 N–H and O–H groups in total. The van der Waals surface area contributed by atoms with Gasteiger partial charge in [0.2, 0.25) is 10.0 Å². The molecule has 0 amide bonds. The quantitative estimate of drug-likeness (QED) is 0.637. The van der Waals surface area contributed by atoms with Crippen molar-refractivity contribution in [2.75, 3.05) is 52.5 Å². The fourth-order valence-electron chi connectivity index (χ4n) is 3.54. The topological polar surface area (TPSA) is 105 Å². The molecule has 0 radical (unpaired) electrons. The Morgan fingerprint density at radius 2 is 1.41 bits per heavy atom. The fraction of sp³-hybridized carbons (Fsp3) is 0.800. The van der Waals surface area contributed by atoms with Crippen LogP contribution in [0.4, 0.5) is 0 Å². The van der Waals surface area contributed by atoms with Crippen molar-refractivity contribution in [3.8, 4) is 0 Å². The second-order valence-corrected chi connectivity index (χ2v) is 10.6. The van der Waals surface area contributed by atoms with Gasteiger partial charge in [0, 0.05) is 46.3 Å². The van der Waals surface area contributed by atoms with Gasteiger partial charge in [0.05, 0.1) is 24.6 Å². The summed E-state index contributed by atoms with van der Waals surface area (Å²) in [6.07, 6.45) is 0.446. The lowest BCUT2D eigenvalue weighted by atomic mass is 10.4. The van der Waals surface area contributed by atoms with Gasteiger partial charge in [-0.3, -0.25) is 4.68 Å². The van der Waals surface area contributed by atoms with Crippen LogP contribution in [0, 0.1) is 13.8 Å². The molecule has 0 unspecified atom stereocenters. The summed E-state index contributed by atoms with van der Waals surface area (Å²) in [5.74, 6) is 0. The summed E-state index contributed by atoms with van der Waals surface area (Å²) in [4.78, 5) is 0.217. The average Bonchev–Trinajstić information content (AvgIpc) is 2.82. The number of hydrogen-bond acceptors (Lipinski definition) is 6.